The topological polar surface area (TPSA) is 29.1 Å². The third kappa shape index (κ3) is 2.39. The van der Waals surface area contributed by atoms with Gasteiger partial charge in [0.2, 0.25) is 5.91 Å². The van der Waals surface area contributed by atoms with E-state index in [-0.39, 0.29) is 5.91 Å². The molecule has 2 nitrogen and oxygen atoms in total. The summed E-state index contributed by atoms with van der Waals surface area (Å²) in [7, 11) is 0. The minimum Gasteiger partial charge on any atom is -0.326 e. The van der Waals surface area contributed by atoms with Gasteiger partial charge in [0.15, 0.2) is 0 Å². The number of alkyl halides is 1. The van der Waals surface area contributed by atoms with E-state index in [0.717, 1.165) is 17.7 Å². The number of anilines is 1. The van der Waals surface area contributed by atoms with Crippen LogP contribution in [0.2, 0.25) is 0 Å². The summed E-state index contributed by atoms with van der Waals surface area (Å²) in [5.41, 5.74) is 3.27. The molecule has 1 amide bonds. The van der Waals surface area contributed by atoms with Crippen LogP contribution in [0.15, 0.2) is 24.3 Å². The van der Waals surface area contributed by atoms with E-state index in [1.54, 1.807) is 0 Å². The van der Waals surface area contributed by atoms with Gasteiger partial charge in [-0.25, -0.2) is 0 Å². The first kappa shape index (κ1) is 10.2. The molecular formula is C12H12ClNO. The highest BCUT2D eigenvalue weighted by atomic mass is 35.5. The Morgan fingerprint density at radius 2 is 2.27 bits per heavy atom. The first-order valence-electron chi connectivity index (χ1n) is 4.95. The van der Waals surface area contributed by atoms with Crippen molar-refractivity contribution in [2.45, 2.75) is 12.8 Å². The van der Waals surface area contributed by atoms with Crippen molar-refractivity contribution in [3.8, 4) is 0 Å². The van der Waals surface area contributed by atoms with Crippen LogP contribution in [0.4, 0.5) is 5.69 Å². The van der Waals surface area contributed by atoms with Crippen molar-refractivity contribution in [1.29, 1.82) is 0 Å². The van der Waals surface area contributed by atoms with Crippen molar-refractivity contribution in [2.75, 3.05) is 11.2 Å². The molecule has 0 saturated carbocycles. The highest BCUT2D eigenvalue weighted by Gasteiger charge is 2.13. The maximum absolute atomic E-state index is 11.1. The van der Waals surface area contributed by atoms with Crippen molar-refractivity contribution in [1.82, 2.24) is 0 Å². The summed E-state index contributed by atoms with van der Waals surface area (Å²) >= 11 is 5.57. The molecule has 1 aliphatic heterocycles. The molecule has 0 saturated heterocycles. The van der Waals surface area contributed by atoms with Gasteiger partial charge in [0, 0.05) is 18.0 Å². The van der Waals surface area contributed by atoms with Crippen LogP contribution in [-0.2, 0) is 11.2 Å². The number of allylic oxidation sites excluding steroid dienone is 1. The number of hydrogen-bond acceptors (Lipinski definition) is 1. The van der Waals surface area contributed by atoms with Crippen molar-refractivity contribution in [3.63, 3.8) is 0 Å². The number of carbonyl (C=O) groups is 1. The number of nitrogens with one attached hydrogen (secondary N) is 1. The lowest BCUT2D eigenvalue weighted by Gasteiger charge is -2.16. The Balaban J connectivity index is 2.26. The van der Waals surface area contributed by atoms with Crippen molar-refractivity contribution >= 4 is 29.3 Å². The number of fused-ring (bicyclic) bond motifs is 1. The minimum atomic E-state index is 0.103. The van der Waals surface area contributed by atoms with E-state index in [1.807, 2.05) is 24.3 Å². The van der Waals surface area contributed by atoms with Gasteiger partial charge < -0.3 is 5.32 Å². The van der Waals surface area contributed by atoms with Crippen molar-refractivity contribution < 1.29 is 4.79 Å². The summed E-state index contributed by atoms with van der Waals surface area (Å²) in [6.45, 7) is 0. The molecule has 0 fully saturated rings. The maximum Gasteiger partial charge on any atom is 0.224 e. The fraction of sp³-hybridized carbons (Fsp3) is 0.250. The Morgan fingerprint density at radius 3 is 3.07 bits per heavy atom. The third-order valence-corrected chi connectivity index (χ3v) is 2.60. The molecule has 1 aromatic carbocycles. The zero-order valence-electron chi connectivity index (χ0n) is 8.29. The van der Waals surface area contributed by atoms with Crippen molar-refractivity contribution in [2.24, 2.45) is 0 Å². The summed E-state index contributed by atoms with van der Waals surface area (Å²) in [4.78, 5) is 11.1. The fourth-order valence-corrected chi connectivity index (χ4v) is 1.78. The van der Waals surface area contributed by atoms with Gasteiger partial charge in [-0.15, -0.1) is 11.6 Å². The lowest BCUT2D eigenvalue weighted by Crippen LogP contribution is -2.18. The Bertz CT molecular complexity index is 412. The predicted octanol–water partition coefficient (Wildman–Crippen LogP) is 2.82. The van der Waals surface area contributed by atoms with Gasteiger partial charge in [-0.05, 0) is 29.7 Å². The zero-order valence-corrected chi connectivity index (χ0v) is 9.05. The van der Waals surface area contributed by atoms with Crippen LogP contribution >= 0.6 is 11.6 Å². The predicted molar refractivity (Wildman–Crippen MR) is 63.1 cm³/mol. The van der Waals surface area contributed by atoms with Gasteiger partial charge >= 0.3 is 0 Å². The monoisotopic (exact) mass is 221 g/mol. The molecule has 2 rings (SSSR count). The molecule has 0 aliphatic carbocycles. The summed E-state index contributed by atoms with van der Waals surface area (Å²) in [6, 6.07) is 6.02. The van der Waals surface area contributed by atoms with Crippen LogP contribution in [0, 0.1) is 0 Å². The molecule has 1 aliphatic rings. The van der Waals surface area contributed by atoms with Crippen LogP contribution in [0.3, 0.4) is 0 Å². The second-order valence-electron chi connectivity index (χ2n) is 3.52. The van der Waals surface area contributed by atoms with Crippen LogP contribution in [0.25, 0.3) is 6.08 Å². The molecule has 15 heavy (non-hydrogen) atoms. The van der Waals surface area contributed by atoms with E-state index in [9.17, 15) is 4.79 Å². The fourth-order valence-electron chi connectivity index (χ4n) is 1.69. The summed E-state index contributed by atoms with van der Waals surface area (Å²) < 4.78 is 0. The standard InChI is InChI=1S/C12H12ClNO/c13-7-1-2-9-3-5-11-10(8-9)4-6-12(15)14-11/h1-3,5,8H,4,6-7H2,(H,14,15). The summed E-state index contributed by atoms with van der Waals surface area (Å²) in [5.74, 6) is 0.625. The number of aryl methyl sites for hydroxylation is 1. The van der Waals surface area contributed by atoms with E-state index >= 15 is 0 Å². The molecule has 0 radical (unpaired) electrons. The Hall–Kier alpha value is -1.28. The van der Waals surface area contributed by atoms with Crippen LogP contribution in [-0.4, -0.2) is 11.8 Å². The first-order valence-corrected chi connectivity index (χ1v) is 5.48. The second kappa shape index (κ2) is 4.49. The molecule has 0 unspecified atom stereocenters. The molecule has 1 aromatic rings. The first-order chi connectivity index (χ1) is 7.29. The quantitative estimate of drug-likeness (QED) is 0.765. The number of hydrogen-bond donors (Lipinski definition) is 1. The van der Waals surface area contributed by atoms with E-state index in [0.29, 0.717) is 12.3 Å². The Labute approximate surface area is 93.9 Å². The average molecular weight is 222 g/mol. The second-order valence-corrected chi connectivity index (χ2v) is 3.83. The minimum absolute atomic E-state index is 0.103. The Kier molecular flexibility index (Phi) is 3.07. The summed E-state index contributed by atoms with van der Waals surface area (Å²) in [5, 5.41) is 2.85. The summed E-state index contributed by atoms with van der Waals surface area (Å²) in [6.07, 6.45) is 5.30. The number of amides is 1. The van der Waals surface area contributed by atoms with Crippen molar-refractivity contribution in [3.05, 3.63) is 35.4 Å². The normalized spacial score (nSPS) is 15.1. The molecule has 0 aromatic heterocycles. The number of halogens is 1. The van der Waals surface area contributed by atoms with Crippen LogP contribution in [0.5, 0.6) is 0 Å². The smallest absolute Gasteiger partial charge is 0.224 e. The highest BCUT2D eigenvalue weighted by molar-refractivity contribution is 6.19. The molecular weight excluding hydrogens is 210 g/mol. The van der Waals surface area contributed by atoms with Crippen LogP contribution < -0.4 is 5.32 Å². The molecule has 0 spiro atoms. The SMILES string of the molecule is O=C1CCc2cc(C=CCCl)ccc2N1. The molecule has 0 bridgehead atoms. The van der Waals surface area contributed by atoms with E-state index < -0.39 is 0 Å². The molecule has 3 heteroatoms. The van der Waals surface area contributed by atoms with Gasteiger partial charge in [-0.2, -0.15) is 0 Å². The Morgan fingerprint density at radius 1 is 1.40 bits per heavy atom. The third-order valence-electron chi connectivity index (χ3n) is 2.42. The van der Waals surface area contributed by atoms with E-state index in [2.05, 4.69) is 11.4 Å². The number of carbonyl (C=O) groups excluding carboxylic acids is 1. The maximum atomic E-state index is 11.1. The van der Waals surface area contributed by atoms with Gasteiger partial charge in [0.25, 0.3) is 0 Å². The van der Waals surface area contributed by atoms with Gasteiger partial charge in [-0.3, -0.25) is 4.79 Å². The lowest BCUT2D eigenvalue weighted by molar-refractivity contribution is -0.116. The molecule has 1 N–H and O–H groups in total. The highest BCUT2D eigenvalue weighted by Crippen LogP contribution is 2.23. The van der Waals surface area contributed by atoms with Gasteiger partial charge in [0.05, 0.1) is 0 Å². The largest absolute Gasteiger partial charge is 0.326 e. The number of benzene rings is 1. The van der Waals surface area contributed by atoms with Crippen LogP contribution in [0.1, 0.15) is 17.5 Å². The molecule has 78 valence electrons. The molecule has 1 heterocycles. The molecule has 0 atom stereocenters. The average Bonchev–Trinajstić information content (AvgIpc) is 2.26. The van der Waals surface area contributed by atoms with E-state index in [1.165, 1.54) is 5.56 Å². The van der Waals surface area contributed by atoms with E-state index in [4.69, 9.17) is 11.6 Å². The lowest BCUT2D eigenvalue weighted by atomic mass is 10.0. The number of rotatable bonds is 2. The van der Waals surface area contributed by atoms with Gasteiger partial charge in [-0.1, -0.05) is 18.2 Å². The van der Waals surface area contributed by atoms with Gasteiger partial charge in [0.1, 0.15) is 0 Å². The zero-order chi connectivity index (χ0) is 10.7.